The number of nitrogen functional groups attached to an aromatic ring is 1. The first-order valence-electron chi connectivity index (χ1n) is 6.03. The van der Waals surface area contributed by atoms with Gasteiger partial charge in [-0.05, 0) is 24.3 Å². The van der Waals surface area contributed by atoms with Gasteiger partial charge in [0.1, 0.15) is 11.2 Å². The minimum Gasteiger partial charge on any atom is -0.289 e. The molecule has 3 aromatic rings. The lowest BCUT2D eigenvalue weighted by Gasteiger charge is -2.04. The monoisotopic (exact) mass is 268 g/mol. The number of carbonyl (C=O) groups excluding carboxylic acids is 1. The number of nitrogens with one attached hydrogen (secondary N) is 1. The summed E-state index contributed by atoms with van der Waals surface area (Å²) in [7, 11) is 0. The van der Waals surface area contributed by atoms with E-state index in [0.717, 1.165) is 11.0 Å². The second-order valence-corrected chi connectivity index (χ2v) is 4.22. The van der Waals surface area contributed by atoms with Gasteiger partial charge in [-0.15, -0.1) is 5.10 Å². The largest absolute Gasteiger partial charge is 0.289 e. The van der Waals surface area contributed by atoms with Crippen molar-refractivity contribution in [3.8, 4) is 0 Å². The predicted molar refractivity (Wildman–Crippen MR) is 72.5 cm³/mol. The fourth-order valence-electron chi connectivity index (χ4n) is 1.96. The number of fused-ring (bicyclic) bond motifs is 1. The molecule has 2 heterocycles. The zero-order valence-corrected chi connectivity index (χ0v) is 10.5. The summed E-state index contributed by atoms with van der Waals surface area (Å²) >= 11 is 0. The molecule has 0 radical (unpaired) electrons. The number of benzene rings is 1. The van der Waals surface area contributed by atoms with Crippen LogP contribution >= 0.6 is 0 Å². The molecule has 0 saturated heterocycles. The van der Waals surface area contributed by atoms with Crippen molar-refractivity contribution in [1.29, 1.82) is 0 Å². The number of amides is 1. The van der Waals surface area contributed by atoms with E-state index in [9.17, 15) is 4.79 Å². The van der Waals surface area contributed by atoms with Crippen LogP contribution in [-0.2, 0) is 6.54 Å². The van der Waals surface area contributed by atoms with Gasteiger partial charge in [0.2, 0.25) is 0 Å². The third kappa shape index (κ3) is 2.21. The highest BCUT2D eigenvalue weighted by atomic mass is 16.2. The molecule has 3 rings (SSSR count). The molecule has 0 aliphatic carbocycles. The van der Waals surface area contributed by atoms with Crippen molar-refractivity contribution in [2.75, 3.05) is 0 Å². The highest BCUT2D eigenvalue weighted by Gasteiger charge is 2.08. The molecule has 0 bridgehead atoms. The Labute approximate surface area is 114 Å². The number of para-hydroxylation sites is 1. The molecule has 1 aromatic carbocycles. The summed E-state index contributed by atoms with van der Waals surface area (Å²) in [6, 6.07) is 12.8. The summed E-state index contributed by atoms with van der Waals surface area (Å²) in [5.74, 6) is 4.68. The lowest BCUT2D eigenvalue weighted by molar-refractivity contribution is 0.0948. The zero-order chi connectivity index (χ0) is 13.9. The molecular formula is C13H12N6O. The molecule has 1 amide bonds. The molecule has 0 aliphatic rings. The van der Waals surface area contributed by atoms with Gasteiger partial charge in [0.25, 0.3) is 5.91 Å². The SMILES string of the molecule is NNC(=O)c1cccc(Cn2nnc3ccccc32)n1. The highest BCUT2D eigenvalue weighted by molar-refractivity contribution is 5.91. The van der Waals surface area contributed by atoms with Gasteiger partial charge in [-0.1, -0.05) is 23.4 Å². The molecule has 0 spiro atoms. The zero-order valence-electron chi connectivity index (χ0n) is 10.5. The molecular weight excluding hydrogens is 256 g/mol. The van der Waals surface area contributed by atoms with Gasteiger partial charge in [-0.3, -0.25) is 10.2 Å². The van der Waals surface area contributed by atoms with Gasteiger partial charge >= 0.3 is 0 Å². The number of pyridine rings is 1. The molecule has 0 fully saturated rings. The topological polar surface area (TPSA) is 98.7 Å². The molecule has 3 N–H and O–H groups in total. The van der Waals surface area contributed by atoms with Crippen LogP contribution in [0.1, 0.15) is 16.2 Å². The van der Waals surface area contributed by atoms with Crippen molar-refractivity contribution < 1.29 is 4.79 Å². The maximum atomic E-state index is 11.4. The van der Waals surface area contributed by atoms with Crippen molar-refractivity contribution in [3.05, 3.63) is 53.9 Å². The Morgan fingerprint density at radius 2 is 2.05 bits per heavy atom. The van der Waals surface area contributed by atoms with Crippen molar-refractivity contribution in [3.63, 3.8) is 0 Å². The summed E-state index contributed by atoms with van der Waals surface area (Å²) in [5.41, 5.74) is 4.79. The van der Waals surface area contributed by atoms with Gasteiger partial charge in [0.15, 0.2) is 0 Å². The van der Waals surface area contributed by atoms with Crippen molar-refractivity contribution in [2.24, 2.45) is 5.84 Å². The summed E-state index contributed by atoms with van der Waals surface area (Å²) in [4.78, 5) is 15.7. The van der Waals surface area contributed by atoms with E-state index in [1.165, 1.54) is 0 Å². The van der Waals surface area contributed by atoms with Crippen LogP contribution < -0.4 is 11.3 Å². The Hall–Kier alpha value is -2.80. The smallest absolute Gasteiger partial charge is 0.283 e. The Kier molecular flexibility index (Phi) is 3.10. The van der Waals surface area contributed by atoms with Crippen LogP contribution in [-0.4, -0.2) is 25.9 Å². The lowest BCUT2D eigenvalue weighted by Crippen LogP contribution is -2.30. The molecule has 0 aliphatic heterocycles. The average molecular weight is 268 g/mol. The second kappa shape index (κ2) is 5.06. The molecule has 0 saturated carbocycles. The van der Waals surface area contributed by atoms with Crippen LogP contribution in [0.2, 0.25) is 0 Å². The van der Waals surface area contributed by atoms with E-state index in [0.29, 0.717) is 12.2 Å². The van der Waals surface area contributed by atoms with Crippen LogP contribution in [0.15, 0.2) is 42.5 Å². The van der Waals surface area contributed by atoms with Gasteiger partial charge in [0.05, 0.1) is 17.8 Å². The van der Waals surface area contributed by atoms with Gasteiger partial charge in [-0.2, -0.15) is 0 Å². The number of rotatable bonds is 3. The van der Waals surface area contributed by atoms with Gasteiger partial charge < -0.3 is 0 Å². The number of carbonyl (C=O) groups is 1. The summed E-state index contributed by atoms with van der Waals surface area (Å²) in [6.07, 6.45) is 0. The standard InChI is InChI=1S/C13H12N6O/c14-16-13(20)11-6-3-4-9(15-11)8-19-12-7-2-1-5-10(12)17-18-19/h1-7H,8,14H2,(H,16,20). The van der Waals surface area contributed by atoms with Crippen LogP contribution in [0.5, 0.6) is 0 Å². The number of aromatic nitrogens is 4. The first-order valence-corrected chi connectivity index (χ1v) is 6.03. The first-order chi connectivity index (χ1) is 9.78. The van der Waals surface area contributed by atoms with Crippen LogP contribution in [0.4, 0.5) is 0 Å². The Morgan fingerprint density at radius 1 is 1.20 bits per heavy atom. The maximum Gasteiger partial charge on any atom is 0.283 e. The Morgan fingerprint density at radius 3 is 2.90 bits per heavy atom. The molecule has 0 atom stereocenters. The minimum absolute atomic E-state index is 0.273. The van der Waals surface area contributed by atoms with Crippen LogP contribution in [0.25, 0.3) is 11.0 Å². The minimum atomic E-state index is -0.421. The fraction of sp³-hybridized carbons (Fsp3) is 0.0769. The summed E-state index contributed by atoms with van der Waals surface area (Å²) in [5, 5.41) is 8.16. The van der Waals surface area contributed by atoms with E-state index in [1.807, 2.05) is 30.3 Å². The Balaban J connectivity index is 1.93. The fourth-order valence-corrected chi connectivity index (χ4v) is 1.96. The van der Waals surface area contributed by atoms with Crippen molar-refractivity contribution >= 4 is 16.9 Å². The maximum absolute atomic E-state index is 11.4. The van der Waals surface area contributed by atoms with E-state index >= 15 is 0 Å². The van der Waals surface area contributed by atoms with Crippen LogP contribution in [0.3, 0.4) is 0 Å². The summed E-state index contributed by atoms with van der Waals surface area (Å²) in [6.45, 7) is 0.437. The number of nitrogens with zero attached hydrogens (tertiary/aromatic N) is 4. The molecule has 2 aromatic heterocycles. The third-order valence-corrected chi connectivity index (χ3v) is 2.90. The number of hydrazine groups is 1. The predicted octanol–water partition coefficient (Wildman–Crippen LogP) is 0.478. The molecule has 0 unspecified atom stereocenters. The molecule has 100 valence electrons. The number of hydrogen-bond donors (Lipinski definition) is 2. The molecule has 20 heavy (non-hydrogen) atoms. The van der Waals surface area contributed by atoms with Gasteiger partial charge in [0, 0.05) is 0 Å². The highest BCUT2D eigenvalue weighted by Crippen LogP contribution is 2.11. The quantitative estimate of drug-likeness (QED) is 0.409. The molecule has 7 nitrogen and oxygen atoms in total. The second-order valence-electron chi connectivity index (χ2n) is 4.22. The van der Waals surface area contributed by atoms with Crippen LogP contribution in [0, 0.1) is 0 Å². The van der Waals surface area contributed by atoms with E-state index in [4.69, 9.17) is 5.84 Å². The van der Waals surface area contributed by atoms with Crippen molar-refractivity contribution in [2.45, 2.75) is 6.54 Å². The van der Waals surface area contributed by atoms with Gasteiger partial charge in [-0.25, -0.2) is 15.5 Å². The number of nitrogens with two attached hydrogens (primary N) is 1. The first kappa shape index (κ1) is 12.2. The van der Waals surface area contributed by atoms with E-state index in [1.54, 1.807) is 16.8 Å². The van der Waals surface area contributed by atoms with E-state index in [-0.39, 0.29) is 5.69 Å². The summed E-state index contributed by atoms with van der Waals surface area (Å²) < 4.78 is 1.74. The Bertz CT molecular complexity index is 766. The lowest BCUT2D eigenvalue weighted by atomic mass is 10.2. The van der Waals surface area contributed by atoms with E-state index in [2.05, 4.69) is 20.7 Å². The molecule has 7 heteroatoms. The number of hydrogen-bond acceptors (Lipinski definition) is 5. The average Bonchev–Trinajstić information content (AvgIpc) is 2.90. The third-order valence-electron chi connectivity index (χ3n) is 2.90. The van der Waals surface area contributed by atoms with E-state index < -0.39 is 5.91 Å². The van der Waals surface area contributed by atoms with Crippen molar-refractivity contribution in [1.82, 2.24) is 25.4 Å². The normalized spacial score (nSPS) is 10.7.